The number of carbonyl (C=O) groups excluding carboxylic acids is 1. The number of hydrogen-bond donors (Lipinski definition) is 1. The van der Waals surface area contributed by atoms with E-state index in [4.69, 9.17) is 10.5 Å². The molecule has 2 aromatic rings. The number of benzene rings is 2. The minimum absolute atomic E-state index is 0.188. The maximum absolute atomic E-state index is 12.4. The minimum Gasteiger partial charge on any atom is -0.399 e. The van der Waals surface area contributed by atoms with E-state index in [1.54, 1.807) is 0 Å². The van der Waals surface area contributed by atoms with E-state index in [1.165, 1.54) is 5.56 Å². The third-order valence-electron chi connectivity index (χ3n) is 4.72. The van der Waals surface area contributed by atoms with Crippen molar-refractivity contribution in [2.75, 3.05) is 25.4 Å². The summed E-state index contributed by atoms with van der Waals surface area (Å²) in [6, 6.07) is 17.9. The van der Waals surface area contributed by atoms with Crippen LogP contribution in [0.2, 0.25) is 0 Å². The van der Waals surface area contributed by atoms with Crippen molar-refractivity contribution in [1.29, 1.82) is 0 Å². The molecule has 0 atom stereocenters. The fraction of sp³-hybridized carbons (Fsp3) is 0.381. The Morgan fingerprint density at radius 3 is 2.36 bits per heavy atom. The Balaban J connectivity index is 1.37. The van der Waals surface area contributed by atoms with Gasteiger partial charge in [-0.25, -0.2) is 0 Å². The molecular weight excluding hydrogens is 312 g/mol. The molecule has 0 saturated carbocycles. The molecule has 1 fully saturated rings. The zero-order valence-electron chi connectivity index (χ0n) is 14.6. The smallest absolute Gasteiger partial charge is 0.226 e. The average molecular weight is 338 g/mol. The molecule has 0 spiro atoms. The van der Waals surface area contributed by atoms with Crippen molar-refractivity contribution in [1.82, 2.24) is 4.90 Å². The summed E-state index contributed by atoms with van der Waals surface area (Å²) >= 11 is 0. The molecule has 1 aliphatic rings. The van der Waals surface area contributed by atoms with Gasteiger partial charge in [0, 0.05) is 18.8 Å². The topological polar surface area (TPSA) is 55.6 Å². The molecule has 132 valence electrons. The second kappa shape index (κ2) is 8.67. The molecule has 0 bridgehead atoms. The number of nitrogens with two attached hydrogens (primary N) is 1. The van der Waals surface area contributed by atoms with Crippen molar-refractivity contribution in [2.24, 2.45) is 0 Å². The molecule has 2 N–H and O–H groups in total. The molecule has 1 aliphatic heterocycles. The molecule has 0 unspecified atom stereocenters. The standard InChI is InChI=1S/C21H26N2O2/c22-19-8-6-18(7-9-19)16-21(24)23-13-10-20(11-14-23)25-15-12-17-4-2-1-3-5-17/h1-9,20H,10-16,22H2. The Labute approximate surface area is 149 Å². The highest BCUT2D eigenvalue weighted by Crippen LogP contribution is 2.16. The van der Waals surface area contributed by atoms with Crippen LogP contribution in [-0.4, -0.2) is 36.6 Å². The molecule has 3 rings (SSSR count). The zero-order chi connectivity index (χ0) is 17.5. The summed E-state index contributed by atoms with van der Waals surface area (Å²) in [4.78, 5) is 14.4. The van der Waals surface area contributed by atoms with Crippen molar-refractivity contribution in [3.05, 3.63) is 65.7 Å². The molecule has 4 heteroatoms. The van der Waals surface area contributed by atoms with E-state index in [0.29, 0.717) is 6.42 Å². The van der Waals surface area contributed by atoms with Crippen molar-refractivity contribution in [3.8, 4) is 0 Å². The van der Waals surface area contributed by atoms with Gasteiger partial charge in [-0.1, -0.05) is 42.5 Å². The molecule has 0 radical (unpaired) electrons. The number of likely N-dealkylation sites (tertiary alicyclic amines) is 1. The first-order chi connectivity index (χ1) is 12.2. The van der Waals surface area contributed by atoms with Crippen LogP contribution in [0.1, 0.15) is 24.0 Å². The van der Waals surface area contributed by atoms with Crippen LogP contribution in [0, 0.1) is 0 Å². The van der Waals surface area contributed by atoms with Crippen LogP contribution in [0.5, 0.6) is 0 Å². The quantitative estimate of drug-likeness (QED) is 0.824. The highest BCUT2D eigenvalue weighted by atomic mass is 16.5. The van der Waals surface area contributed by atoms with E-state index < -0.39 is 0 Å². The van der Waals surface area contributed by atoms with Gasteiger partial charge in [0.1, 0.15) is 0 Å². The number of nitrogens with zero attached hydrogens (tertiary/aromatic N) is 1. The second-order valence-corrected chi connectivity index (χ2v) is 6.60. The number of hydrogen-bond acceptors (Lipinski definition) is 3. The molecule has 1 saturated heterocycles. The van der Waals surface area contributed by atoms with Crippen molar-refractivity contribution in [2.45, 2.75) is 31.8 Å². The lowest BCUT2D eigenvalue weighted by molar-refractivity contribution is -0.133. The molecule has 2 aromatic carbocycles. The van der Waals surface area contributed by atoms with E-state index >= 15 is 0 Å². The molecule has 1 amide bonds. The molecule has 1 heterocycles. The number of amides is 1. The first-order valence-electron chi connectivity index (χ1n) is 8.98. The Morgan fingerprint density at radius 1 is 1.00 bits per heavy atom. The van der Waals surface area contributed by atoms with Gasteiger partial charge in [0.25, 0.3) is 0 Å². The van der Waals surface area contributed by atoms with Gasteiger partial charge in [0.05, 0.1) is 19.1 Å². The maximum Gasteiger partial charge on any atom is 0.226 e. The van der Waals surface area contributed by atoms with Gasteiger partial charge >= 0.3 is 0 Å². The number of nitrogen functional groups attached to an aromatic ring is 1. The summed E-state index contributed by atoms with van der Waals surface area (Å²) in [6.07, 6.45) is 3.49. The first kappa shape index (κ1) is 17.5. The molecule has 0 aromatic heterocycles. The van der Waals surface area contributed by atoms with Crippen LogP contribution in [0.4, 0.5) is 5.69 Å². The third-order valence-corrected chi connectivity index (χ3v) is 4.72. The van der Waals surface area contributed by atoms with Crippen LogP contribution in [-0.2, 0) is 22.4 Å². The Morgan fingerprint density at radius 2 is 1.68 bits per heavy atom. The van der Waals surface area contributed by atoms with Crippen molar-refractivity contribution >= 4 is 11.6 Å². The van der Waals surface area contributed by atoms with Crippen LogP contribution in [0.15, 0.2) is 54.6 Å². The summed E-state index contributed by atoms with van der Waals surface area (Å²) in [7, 11) is 0. The van der Waals surface area contributed by atoms with E-state index in [2.05, 4.69) is 24.3 Å². The lowest BCUT2D eigenvalue weighted by Gasteiger charge is -2.32. The average Bonchev–Trinajstić information content (AvgIpc) is 2.65. The highest BCUT2D eigenvalue weighted by Gasteiger charge is 2.23. The van der Waals surface area contributed by atoms with E-state index in [-0.39, 0.29) is 12.0 Å². The molecular formula is C21H26N2O2. The maximum atomic E-state index is 12.4. The summed E-state index contributed by atoms with van der Waals surface area (Å²) < 4.78 is 5.99. The van der Waals surface area contributed by atoms with Crippen LogP contribution >= 0.6 is 0 Å². The number of rotatable bonds is 6. The lowest BCUT2D eigenvalue weighted by Crippen LogP contribution is -2.41. The number of carbonyl (C=O) groups is 1. The van der Waals surface area contributed by atoms with Crippen LogP contribution < -0.4 is 5.73 Å². The van der Waals surface area contributed by atoms with Crippen LogP contribution in [0.25, 0.3) is 0 Å². The Bertz CT molecular complexity index is 662. The van der Waals surface area contributed by atoms with Gasteiger partial charge in [-0.15, -0.1) is 0 Å². The SMILES string of the molecule is Nc1ccc(CC(=O)N2CCC(OCCc3ccccc3)CC2)cc1. The predicted molar refractivity (Wildman–Crippen MR) is 100 cm³/mol. The Hall–Kier alpha value is -2.33. The Kier molecular flexibility index (Phi) is 6.07. The number of anilines is 1. The summed E-state index contributed by atoms with van der Waals surface area (Å²) in [5, 5.41) is 0. The third kappa shape index (κ3) is 5.33. The van der Waals surface area contributed by atoms with Crippen molar-refractivity contribution < 1.29 is 9.53 Å². The number of ether oxygens (including phenoxy) is 1. The monoisotopic (exact) mass is 338 g/mol. The van der Waals surface area contributed by atoms with Gasteiger partial charge in [0.15, 0.2) is 0 Å². The minimum atomic E-state index is 0.188. The van der Waals surface area contributed by atoms with Gasteiger partial charge in [-0.3, -0.25) is 4.79 Å². The van der Waals surface area contributed by atoms with Gasteiger partial charge in [-0.2, -0.15) is 0 Å². The normalized spacial score (nSPS) is 15.3. The molecule has 25 heavy (non-hydrogen) atoms. The second-order valence-electron chi connectivity index (χ2n) is 6.60. The van der Waals surface area contributed by atoms with Gasteiger partial charge in [-0.05, 0) is 42.5 Å². The summed E-state index contributed by atoms with van der Waals surface area (Å²) in [5.74, 6) is 0.188. The molecule has 4 nitrogen and oxygen atoms in total. The van der Waals surface area contributed by atoms with Crippen molar-refractivity contribution in [3.63, 3.8) is 0 Å². The number of piperidine rings is 1. The predicted octanol–water partition coefficient (Wildman–Crippen LogP) is 3.06. The lowest BCUT2D eigenvalue weighted by atomic mass is 10.1. The largest absolute Gasteiger partial charge is 0.399 e. The summed E-state index contributed by atoms with van der Waals surface area (Å²) in [5.41, 5.74) is 8.73. The fourth-order valence-electron chi connectivity index (χ4n) is 3.18. The fourth-order valence-corrected chi connectivity index (χ4v) is 3.18. The first-order valence-corrected chi connectivity index (χ1v) is 8.98. The highest BCUT2D eigenvalue weighted by molar-refractivity contribution is 5.79. The van der Waals surface area contributed by atoms with Gasteiger partial charge < -0.3 is 15.4 Å². The zero-order valence-corrected chi connectivity index (χ0v) is 14.6. The van der Waals surface area contributed by atoms with E-state index in [9.17, 15) is 4.79 Å². The van der Waals surface area contributed by atoms with Crippen LogP contribution in [0.3, 0.4) is 0 Å². The van der Waals surface area contributed by atoms with Gasteiger partial charge in [0.2, 0.25) is 5.91 Å². The van der Waals surface area contributed by atoms with E-state index in [0.717, 1.165) is 50.2 Å². The molecule has 0 aliphatic carbocycles. The summed E-state index contributed by atoms with van der Waals surface area (Å²) in [6.45, 7) is 2.31. The van der Waals surface area contributed by atoms with E-state index in [1.807, 2.05) is 35.2 Å².